The summed E-state index contributed by atoms with van der Waals surface area (Å²) in [5.41, 5.74) is 6.51. The van der Waals surface area contributed by atoms with Gasteiger partial charge in [0.2, 0.25) is 0 Å². The highest BCUT2D eigenvalue weighted by Crippen LogP contribution is 2.25. The van der Waals surface area contributed by atoms with E-state index in [1.807, 2.05) is 32.0 Å². The van der Waals surface area contributed by atoms with Crippen LogP contribution in [0.15, 0.2) is 18.2 Å². The van der Waals surface area contributed by atoms with Gasteiger partial charge in [0, 0.05) is 21.8 Å². The Morgan fingerprint density at radius 1 is 1.26 bits per heavy atom. The lowest BCUT2D eigenvalue weighted by atomic mass is 10.1. The molecule has 2 rings (SSSR count). The maximum atomic E-state index is 6.15. The number of nitrogen functional groups attached to an aromatic ring is 1. The van der Waals surface area contributed by atoms with Gasteiger partial charge in [0.1, 0.15) is 5.82 Å². The number of rotatable bonds is 3. The third kappa shape index (κ3) is 2.69. The lowest BCUT2D eigenvalue weighted by Gasteiger charge is -2.11. The first-order chi connectivity index (χ1) is 9.06. The predicted molar refractivity (Wildman–Crippen MR) is 79.1 cm³/mol. The van der Waals surface area contributed by atoms with Crippen molar-refractivity contribution in [3.63, 3.8) is 0 Å². The van der Waals surface area contributed by atoms with Gasteiger partial charge < -0.3 is 5.43 Å². The summed E-state index contributed by atoms with van der Waals surface area (Å²) in [5.74, 6) is 6.80. The number of nitrogens with two attached hydrogens (primary N) is 1. The Hall–Kier alpha value is -1.65. The van der Waals surface area contributed by atoms with Crippen LogP contribution in [-0.2, 0) is 6.42 Å². The van der Waals surface area contributed by atoms with Crippen molar-refractivity contribution in [3.8, 4) is 11.4 Å². The van der Waals surface area contributed by atoms with Crippen LogP contribution < -0.4 is 11.3 Å². The van der Waals surface area contributed by atoms with Crippen molar-refractivity contribution in [1.82, 2.24) is 9.97 Å². The van der Waals surface area contributed by atoms with Crippen molar-refractivity contribution in [1.29, 1.82) is 0 Å². The zero-order valence-electron chi connectivity index (χ0n) is 11.3. The molecule has 1 heterocycles. The number of nitrogens with one attached hydrogen (secondary N) is 1. The van der Waals surface area contributed by atoms with E-state index in [9.17, 15) is 0 Å². The van der Waals surface area contributed by atoms with Crippen LogP contribution in [0, 0.1) is 13.8 Å². The molecule has 0 aliphatic heterocycles. The van der Waals surface area contributed by atoms with E-state index in [0.717, 1.165) is 28.8 Å². The molecule has 4 nitrogen and oxygen atoms in total. The Bertz CT molecular complexity index is 585. The highest BCUT2D eigenvalue weighted by Gasteiger charge is 2.11. The fourth-order valence-corrected chi connectivity index (χ4v) is 2.09. The number of nitrogens with zero attached hydrogens (tertiary/aromatic N) is 2. The molecule has 0 saturated heterocycles. The standard InChI is InChI=1S/C14H17ClN4/c1-4-12-9(3)13(19-16)18-14(17-12)10-6-5-8(2)11(15)7-10/h5-7H,4,16H2,1-3H3,(H,17,18,19). The van der Waals surface area contributed by atoms with Crippen LogP contribution in [0.2, 0.25) is 5.02 Å². The first-order valence-corrected chi connectivity index (χ1v) is 6.55. The second-order valence-electron chi connectivity index (χ2n) is 4.43. The van der Waals surface area contributed by atoms with E-state index in [4.69, 9.17) is 17.4 Å². The van der Waals surface area contributed by atoms with Gasteiger partial charge in [-0.15, -0.1) is 0 Å². The first kappa shape index (κ1) is 13.8. The van der Waals surface area contributed by atoms with E-state index in [2.05, 4.69) is 22.3 Å². The summed E-state index contributed by atoms with van der Waals surface area (Å²) in [6.07, 6.45) is 0.829. The molecule has 0 amide bonds. The molecule has 3 N–H and O–H groups in total. The molecule has 0 fully saturated rings. The maximum absolute atomic E-state index is 6.15. The average molecular weight is 277 g/mol. The number of hydrogen-bond acceptors (Lipinski definition) is 4. The van der Waals surface area contributed by atoms with Crippen LogP contribution in [-0.4, -0.2) is 9.97 Å². The quantitative estimate of drug-likeness (QED) is 0.667. The minimum atomic E-state index is 0.636. The fraction of sp³-hybridized carbons (Fsp3) is 0.286. The van der Waals surface area contributed by atoms with Crippen LogP contribution in [0.3, 0.4) is 0 Å². The first-order valence-electron chi connectivity index (χ1n) is 6.17. The number of aryl methyl sites for hydroxylation is 2. The third-order valence-corrected chi connectivity index (χ3v) is 3.56. The van der Waals surface area contributed by atoms with Crippen molar-refractivity contribution < 1.29 is 0 Å². The van der Waals surface area contributed by atoms with Gasteiger partial charge in [-0.3, -0.25) is 0 Å². The highest BCUT2D eigenvalue weighted by molar-refractivity contribution is 6.31. The van der Waals surface area contributed by atoms with Gasteiger partial charge in [-0.05, 0) is 31.9 Å². The summed E-state index contributed by atoms with van der Waals surface area (Å²) in [4.78, 5) is 9.01. The molecule has 0 bridgehead atoms. The molecular weight excluding hydrogens is 260 g/mol. The van der Waals surface area contributed by atoms with Crippen LogP contribution in [0.5, 0.6) is 0 Å². The molecule has 1 aromatic heterocycles. The zero-order chi connectivity index (χ0) is 14.0. The third-order valence-electron chi connectivity index (χ3n) is 3.15. The smallest absolute Gasteiger partial charge is 0.161 e. The Kier molecular flexibility index (Phi) is 4.02. The van der Waals surface area contributed by atoms with E-state index in [1.165, 1.54) is 0 Å². The number of aromatic nitrogens is 2. The van der Waals surface area contributed by atoms with Crippen molar-refractivity contribution in [2.75, 3.05) is 5.43 Å². The fourth-order valence-electron chi connectivity index (χ4n) is 1.91. The molecule has 0 saturated carbocycles. The summed E-state index contributed by atoms with van der Waals surface area (Å²) in [6.45, 7) is 5.98. The average Bonchev–Trinajstić information content (AvgIpc) is 2.42. The van der Waals surface area contributed by atoms with Gasteiger partial charge in [-0.2, -0.15) is 0 Å². The van der Waals surface area contributed by atoms with Gasteiger partial charge in [-0.25, -0.2) is 15.8 Å². The molecule has 0 radical (unpaired) electrons. The van der Waals surface area contributed by atoms with Crippen molar-refractivity contribution in [2.45, 2.75) is 27.2 Å². The maximum Gasteiger partial charge on any atom is 0.161 e. The SMILES string of the molecule is CCc1nc(-c2ccc(C)c(Cl)c2)nc(NN)c1C. The molecule has 100 valence electrons. The number of hydrogen-bond donors (Lipinski definition) is 2. The largest absolute Gasteiger partial charge is 0.308 e. The lowest BCUT2D eigenvalue weighted by Crippen LogP contribution is -2.13. The van der Waals surface area contributed by atoms with Crippen molar-refractivity contribution in [3.05, 3.63) is 40.0 Å². The molecule has 2 aromatic rings. The van der Waals surface area contributed by atoms with E-state index in [1.54, 1.807) is 0 Å². The van der Waals surface area contributed by atoms with E-state index in [-0.39, 0.29) is 0 Å². The minimum absolute atomic E-state index is 0.636. The Morgan fingerprint density at radius 2 is 2.00 bits per heavy atom. The Morgan fingerprint density at radius 3 is 2.58 bits per heavy atom. The monoisotopic (exact) mass is 276 g/mol. The number of hydrazine groups is 1. The lowest BCUT2D eigenvalue weighted by molar-refractivity contribution is 0.973. The summed E-state index contributed by atoms with van der Waals surface area (Å²) in [5, 5.41) is 0.710. The number of anilines is 1. The molecule has 5 heteroatoms. The zero-order valence-corrected chi connectivity index (χ0v) is 12.0. The molecule has 0 aliphatic rings. The molecule has 0 atom stereocenters. The Balaban J connectivity index is 2.58. The van der Waals surface area contributed by atoms with Gasteiger partial charge in [0.25, 0.3) is 0 Å². The molecule has 0 spiro atoms. The summed E-state index contributed by atoms with van der Waals surface area (Å²) >= 11 is 6.15. The van der Waals surface area contributed by atoms with Crippen LogP contribution in [0.25, 0.3) is 11.4 Å². The van der Waals surface area contributed by atoms with Gasteiger partial charge in [0.05, 0.1) is 0 Å². The molecular formula is C14H17ClN4. The molecule has 19 heavy (non-hydrogen) atoms. The molecule has 0 unspecified atom stereocenters. The second kappa shape index (κ2) is 5.55. The molecule has 1 aromatic carbocycles. The summed E-state index contributed by atoms with van der Waals surface area (Å²) < 4.78 is 0. The van der Waals surface area contributed by atoms with Crippen molar-refractivity contribution >= 4 is 17.4 Å². The van der Waals surface area contributed by atoms with Gasteiger partial charge in [-0.1, -0.05) is 30.7 Å². The Labute approximate surface area is 118 Å². The van der Waals surface area contributed by atoms with Crippen LogP contribution in [0.1, 0.15) is 23.7 Å². The van der Waals surface area contributed by atoms with Crippen LogP contribution >= 0.6 is 11.6 Å². The van der Waals surface area contributed by atoms with E-state index < -0.39 is 0 Å². The summed E-state index contributed by atoms with van der Waals surface area (Å²) in [7, 11) is 0. The number of halogens is 1. The topological polar surface area (TPSA) is 63.8 Å². The normalized spacial score (nSPS) is 10.6. The van der Waals surface area contributed by atoms with Crippen molar-refractivity contribution in [2.24, 2.45) is 5.84 Å². The van der Waals surface area contributed by atoms with Crippen LogP contribution in [0.4, 0.5) is 5.82 Å². The van der Waals surface area contributed by atoms with E-state index in [0.29, 0.717) is 16.7 Å². The van der Waals surface area contributed by atoms with E-state index >= 15 is 0 Å². The molecule has 0 aliphatic carbocycles. The minimum Gasteiger partial charge on any atom is -0.308 e. The predicted octanol–water partition coefficient (Wildman–Crippen LogP) is 3.26. The second-order valence-corrected chi connectivity index (χ2v) is 4.84. The number of benzene rings is 1. The summed E-state index contributed by atoms with van der Waals surface area (Å²) in [6, 6.07) is 5.80. The highest BCUT2D eigenvalue weighted by atomic mass is 35.5. The van der Waals surface area contributed by atoms with Gasteiger partial charge in [0.15, 0.2) is 5.82 Å². The van der Waals surface area contributed by atoms with Gasteiger partial charge >= 0.3 is 0 Å².